The van der Waals surface area contributed by atoms with Crippen molar-refractivity contribution in [2.75, 3.05) is 61.5 Å². The first-order valence-corrected chi connectivity index (χ1v) is 14.1. The predicted molar refractivity (Wildman–Crippen MR) is 155 cm³/mol. The number of nitrogens with one attached hydrogen (secondary N) is 3. The van der Waals surface area contributed by atoms with Gasteiger partial charge in [0.25, 0.3) is 0 Å². The molecule has 6 rings (SSSR count). The van der Waals surface area contributed by atoms with Crippen molar-refractivity contribution in [3.05, 3.63) is 60.8 Å². The van der Waals surface area contributed by atoms with E-state index in [2.05, 4.69) is 43.0 Å². The molecule has 4 heterocycles. The monoisotopic (exact) mass is 541 g/mol. The first kappa shape index (κ1) is 26.2. The molecule has 3 aliphatic rings. The molecule has 2 atom stereocenters. The van der Waals surface area contributed by atoms with Crippen molar-refractivity contribution >= 4 is 34.8 Å². The van der Waals surface area contributed by atoms with E-state index < -0.39 is 0 Å². The summed E-state index contributed by atoms with van der Waals surface area (Å²) in [7, 11) is 0. The summed E-state index contributed by atoms with van der Waals surface area (Å²) >= 11 is 0. The van der Waals surface area contributed by atoms with Crippen LogP contribution < -0.4 is 20.9 Å². The summed E-state index contributed by atoms with van der Waals surface area (Å²) in [5.41, 5.74) is 4.52. The van der Waals surface area contributed by atoms with Crippen LogP contribution in [-0.4, -0.2) is 78.7 Å². The van der Waals surface area contributed by atoms with Crippen LogP contribution in [0, 0.1) is 5.92 Å². The van der Waals surface area contributed by atoms with Crippen LogP contribution in [-0.2, 0) is 14.3 Å². The molecule has 1 aromatic heterocycles. The summed E-state index contributed by atoms with van der Waals surface area (Å²) in [5, 5.41) is 9.58. The van der Waals surface area contributed by atoms with Gasteiger partial charge in [-0.2, -0.15) is 0 Å². The summed E-state index contributed by atoms with van der Waals surface area (Å²) in [6.45, 7) is 5.23. The van der Waals surface area contributed by atoms with Gasteiger partial charge in [0.1, 0.15) is 0 Å². The van der Waals surface area contributed by atoms with Gasteiger partial charge in [-0.3, -0.25) is 9.59 Å². The Morgan fingerprint density at radius 2 is 1.70 bits per heavy atom. The topological polar surface area (TPSA) is 112 Å². The van der Waals surface area contributed by atoms with Crippen LogP contribution in [0.1, 0.15) is 19.3 Å². The van der Waals surface area contributed by atoms with Crippen molar-refractivity contribution < 1.29 is 14.3 Å². The molecule has 3 aliphatic heterocycles. The Kier molecular flexibility index (Phi) is 7.87. The van der Waals surface area contributed by atoms with Crippen molar-refractivity contribution in [2.45, 2.75) is 25.3 Å². The molecule has 3 fully saturated rings. The third-order valence-corrected chi connectivity index (χ3v) is 7.84. The maximum atomic E-state index is 12.7. The zero-order valence-corrected chi connectivity index (χ0v) is 22.5. The van der Waals surface area contributed by atoms with E-state index in [1.807, 2.05) is 47.4 Å². The number of benzene rings is 2. The van der Waals surface area contributed by atoms with Crippen molar-refractivity contribution in [3.63, 3.8) is 0 Å². The number of hydrogen-bond acceptors (Lipinski definition) is 8. The molecule has 10 nitrogen and oxygen atoms in total. The molecule has 0 radical (unpaired) electrons. The van der Waals surface area contributed by atoms with E-state index in [0.29, 0.717) is 19.2 Å². The van der Waals surface area contributed by atoms with Gasteiger partial charge in [0.15, 0.2) is 0 Å². The van der Waals surface area contributed by atoms with E-state index in [9.17, 15) is 9.59 Å². The first-order chi connectivity index (χ1) is 19.6. The molecule has 2 aromatic carbocycles. The number of amides is 2. The molecule has 0 bridgehead atoms. The highest BCUT2D eigenvalue weighted by molar-refractivity contribution is 5.93. The lowest BCUT2D eigenvalue weighted by atomic mass is 10.1. The van der Waals surface area contributed by atoms with Crippen molar-refractivity contribution in [1.82, 2.24) is 20.2 Å². The summed E-state index contributed by atoms with van der Waals surface area (Å²) in [6.07, 6.45) is 4.53. The van der Waals surface area contributed by atoms with Gasteiger partial charge >= 0.3 is 0 Å². The fourth-order valence-corrected chi connectivity index (χ4v) is 5.48. The van der Waals surface area contributed by atoms with Crippen LogP contribution in [0.5, 0.6) is 0 Å². The van der Waals surface area contributed by atoms with E-state index in [4.69, 9.17) is 4.74 Å². The maximum Gasteiger partial charge on any atom is 0.239 e. The Labute approximate surface area is 234 Å². The van der Waals surface area contributed by atoms with E-state index >= 15 is 0 Å². The van der Waals surface area contributed by atoms with Gasteiger partial charge < -0.3 is 30.5 Å². The van der Waals surface area contributed by atoms with E-state index in [1.54, 1.807) is 6.20 Å². The average Bonchev–Trinajstić information content (AvgIpc) is 3.74. The third kappa shape index (κ3) is 6.08. The minimum Gasteiger partial charge on any atom is -0.381 e. The second-order valence-electron chi connectivity index (χ2n) is 10.5. The van der Waals surface area contributed by atoms with Gasteiger partial charge in [0, 0.05) is 61.6 Å². The minimum atomic E-state index is -0.0795. The van der Waals surface area contributed by atoms with Gasteiger partial charge in [-0.05, 0) is 68.3 Å². The highest BCUT2D eigenvalue weighted by Crippen LogP contribution is 2.24. The van der Waals surface area contributed by atoms with Crippen LogP contribution in [0.3, 0.4) is 0 Å². The Hall–Kier alpha value is -4.02. The van der Waals surface area contributed by atoms with Crippen LogP contribution in [0.25, 0.3) is 11.3 Å². The first-order valence-electron chi connectivity index (χ1n) is 14.1. The van der Waals surface area contributed by atoms with Gasteiger partial charge in [0.2, 0.25) is 17.8 Å². The normalized spacial score (nSPS) is 20.9. The van der Waals surface area contributed by atoms with Gasteiger partial charge in [-0.25, -0.2) is 9.97 Å². The number of rotatable bonds is 7. The van der Waals surface area contributed by atoms with E-state index in [-0.39, 0.29) is 23.8 Å². The Balaban J connectivity index is 1.03. The standard InChI is InChI=1S/C30H35N7O3/c38-28(22-12-19-40-20-22)33-23-5-3-21(4-6-23)26-11-14-32-30(35-26)34-24-7-9-25(10-8-24)36-15-17-37(18-16-36)29(39)27-2-1-13-31-27/h3-11,14,22,27,31H,1-2,12-13,15-20H2,(H,33,38)(H,32,34,35)/t22?,27-/m1/s1. The summed E-state index contributed by atoms with van der Waals surface area (Å²) in [6, 6.07) is 17.8. The van der Waals surface area contributed by atoms with Gasteiger partial charge in [0.05, 0.1) is 24.3 Å². The molecular formula is C30H35N7O3. The number of hydrogen-bond donors (Lipinski definition) is 3. The molecule has 0 saturated carbocycles. The SMILES string of the molecule is O=C(Nc1ccc(-c2ccnc(Nc3ccc(N4CCN(C(=O)[C@H]5CCCN5)CC4)cc3)n2)cc1)C1CCOC1. The molecule has 1 unspecified atom stereocenters. The van der Waals surface area contributed by atoms with Crippen LogP contribution in [0.2, 0.25) is 0 Å². The molecule has 3 N–H and O–H groups in total. The minimum absolute atomic E-state index is 0.000905. The number of carbonyl (C=O) groups is 2. The molecule has 40 heavy (non-hydrogen) atoms. The fraction of sp³-hybridized carbons (Fsp3) is 0.400. The lowest BCUT2D eigenvalue weighted by Crippen LogP contribution is -2.53. The number of piperazine rings is 1. The molecule has 2 amide bonds. The molecule has 0 aliphatic carbocycles. The summed E-state index contributed by atoms with van der Waals surface area (Å²) in [5.74, 6) is 0.677. The molecular weight excluding hydrogens is 506 g/mol. The van der Waals surface area contributed by atoms with E-state index in [0.717, 1.165) is 80.3 Å². The lowest BCUT2D eigenvalue weighted by molar-refractivity contribution is -0.133. The lowest BCUT2D eigenvalue weighted by Gasteiger charge is -2.37. The number of ether oxygens (including phenoxy) is 1. The number of carbonyl (C=O) groups excluding carboxylic acids is 2. The zero-order chi connectivity index (χ0) is 27.3. The molecule has 3 aromatic rings. The highest BCUT2D eigenvalue weighted by Gasteiger charge is 2.29. The van der Waals surface area contributed by atoms with Crippen LogP contribution in [0.4, 0.5) is 23.0 Å². The largest absolute Gasteiger partial charge is 0.381 e. The Bertz CT molecular complexity index is 1310. The fourth-order valence-electron chi connectivity index (χ4n) is 5.48. The molecule has 208 valence electrons. The number of nitrogens with zero attached hydrogens (tertiary/aromatic N) is 4. The number of anilines is 4. The van der Waals surface area contributed by atoms with E-state index in [1.165, 1.54) is 0 Å². The van der Waals surface area contributed by atoms with Crippen molar-refractivity contribution in [3.8, 4) is 11.3 Å². The van der Waals surface area contributed by atoms with Crippen LogP contribution >= 0.6 is 0 Å². The average molecular weight is 542 g/mol. The van der Waals surface area contributed by atoms with Crippen molar-refractivity contribution in [2.24, 2.45) is 5.92 Å². The highest BCUT2D eigenvalue weighted by atomic mass is 16.5. The Morgan fingerprint density at radius 3 is 2.40 bits per heavy atom. The summed E-state index contributed by atoms with van der Waals surface area (Å²) in [4.78, 5) is 38.4. The number of aromatic nitrogens is 2. The zero-order valence-electron chi connectivity index (χ0n) is 22.5. The Morgan fingerprint density at radius 1 is 0.925 bits per heavy atom. The van der Waals surface area contributed by atoms with Crippen LogP contribution in [0.15, 0.2) is 60.8 Å². The second kappa shape index (κ2) is 12.0. The van der Waals surface area contributed by atoms with Crippen molar-refractivity contribution in [1.29, 1.82) is 0 Å². The molecule has 3 saturated heterocycles. The third-order valence-electron chi connectivity index (χ3n) is 7.84. The second-order valence-corrected chi connectivity index (χ2v) is 10.5. The van der Waals surface area contributed by atoms with Gasteiger partial charge in [-0.15, -0.1) is 0 Å². The predicted octanol–water partition coefficient (Wildman–Crippen LogP) is 3.26. The van der Waals surface area contributed by atoms with Gasteiger partial charge in [-0.1, -0.05) is 12.1 Å². The smallest absolute Gasteiger partial charge is 0.239 e. The quantitative estimate of drug-likeness (QED) is 0.418. The summed E-state index contributed by atoms with van der Waals surface area (Å²) < 4.78 is 5.31. The molecule has 0 spiro atoms. The maximum absolute atomic E-state index is 12.7. The molecule has 10 heteroatoms.